The molecule has 0 fully saturated rings. The Bertz CT molecular complexity index is 1280. The molecule has 0 N–H and O–H groups in total. The second kappa shape index (κ2) is 7.72. The van der Waals surface area contributed by atoms with Crippen molar-refractivity contribution in [2.24, 2.45) is 0 Å². The van der Waals surface area contributed by atoms with Crippen molar-refractivity contribution >= 4 is 23.3 Å². The maximum atomic E-state index is 5.82. The molecule has 0 amide bonds. The van der Waals surface area contributed by atoms with Gasteiger partial charge in [0.1, 0.15) is 11.3 Å². The number of benzene rings is 3. The minimum atomic E-state index is 0.560. The fourth-order valence-corrected chi connectivity index (χ4v) is 3.32. The van der Waals surface area contributed by atoms with E-state index in [9.17, 15) is 0 Å². The molecule has 0 aliphatic carbocycles. The van der Waals surface area contributed by atoms with E-state index >= 15 is 0 Å². The highest BCUT2D eigenvalue weighted by atomic mass is 16.5. The Hall–Kier alpha value is -4.12. The third kappa shape index (κ3) is 3.49. The van der Waals surface area contributed by atoms with Crippen LogP contribution in [0.5, 0.6) is 5.75 Å². The molecule has 30 heavy (non-hydrogen) atoms. The first kappa shape index (κ1) is 17.9. The molecule has 0 bridgehead atoms. The molecule has 0 radical (unpaired) electrons. The summed E-state index contributed by atoms with van der Waals surface area (Å²) in [6, 6.07) is 25.7. The van der Waals surface area contributed by atoms with Gasteiger partial charge in [-0.05, 0) is 54.6 Å². The topological polar surface area (TPSA) is 53.1 Å². The SMILES string of the molecule is COc1ccc(-c2nn(-c3ccccc3)cc2/C=C/c2nc3ccccc3o2)cc1. The van der Waals surface area contributed by atoms with E-state index in [-0.39, 0.29) is 0 Å². The largest absolute Gasteiger partial charge is 0.497 e. The summed E-state index contributed by atoms with van der Waals surface area (Å²) in [5, 5.41) is 4.83. The van der Waals surface area contributed by atoms with Crippen molar-refractivity contribution < 1.29 is 9.15 Å². The average molecular weight is 393 g/mol. The first-order valence-electron chi connectivity index (χ1n) is 9.63. The molecule has 146 valence electrons. The van der Waals surface area contributed by atoms with Gasteiger partial charge in [-0.2, -0.15) is 5.10 Å². The summed E-state index contributed by atoms with van der Waals surface area (Å²) in [6.07, 6.45) is 5.87. The van der Waals surface area contributed by atoms with Crippen LogP contribution in [0.3, 0.4) is 0 Å². The van der Waals surface area contributed by atoms with Crippen LogP contribution in [0, 0.1) is 0 Å². The summed E-state index contributed by atoms with van der Waals surface area (Å²) in [5.74, 6) is 1.37. The molecule has 2 heterocycles. The van der Waals surface area contributed by atoms with Gasteiger partial charge < -0.3 is 9.15 Å². The molecule has 5 aromatic rings. The molecule has 2 aromatic heterocycles. The van der Waals surface area contributed by atoms with Gasteiger partial charge in [-0.15, -0.1) is 0 Å². The molecule has 0 saturated carbocycles. The second-order valence-corrected chi connectivity index (χ2v) is 6.79. The highest BCUT2D eigenvalue weighted by molar-refractivity contribution is 5.80. The van der Waals surface area contributed by atoms with Gasteiger partial charge in [0.25, 0.3) is 0 Å². The van der Waals surface area contributed by atoms with E-state index in [1.165, 1.54) is 0 Å². The Morgan fingerprint density at radius 3 is 2.40 bits per heavy atom. The van der Waals surface area contributed by atoms with Crippen LogP contribution in [0.2, 0.25) is 0 Å². The number of para-hydroxylation sites is 3. The second-order valence-electron chi connectivity index (χ2n) is 6.79. The normalized spacial score (nSPS) is 11.4. The van der Waals surface area contributed by atoms with E-state index in [1.54, 1.807) is 7.11 Å². The minimum absolute atomic E-state index is 0.560. The summed E-state index contributed by atoms with van der Waals surface area (Å²) in [7, 11) is 1.66. The predicted molar refractivity (Wildman–Crippen MR) is 118 cm³/mol. The number of fused-ring (bicyclic) bond motifs is 1. The number of ether oxygens (including phenoxy) is 1. The Balaban J connectivity index is 1.56. The lowest BCUT2D eigenvalue weighted by Gasteiger charge is -2.02. The van der Waals surface area contributed by atoms with Crippen molar-refractivity contribution in [1.29, 1.82) is 0 Å². The van der Waals surface area contributed by atoms with Crippen LogP contribution in [0.15, 0.2) is 89.5 Å². The smallest absolute Gasteiger partial charge is 0.220 e. The van der Waals surface area contributed by atoms with Gasteiger partial charge in [0.15, 0.2) is 5.58 Å². The van der Waals surface area contributed by atoms with Crippen LogP contribution in [-0.4, -0.2) is 21.9 Å². The number of nitrogens with zero attached hydrogens (tertiary/aromatic N) is 3. The van der Waals surface area contributed by atoms with Crippen molar-refractivity contribution in [3.8, 4) is 22.7 Å². The molecule has 0 saturated heterocycles. The van der Waals surface area contributed by atoms with Crippen molar-refractivity contribution in [2.45, 2.75) is 0 Å². The number of methoxy groups -OCH3 is 1. The highest BCUT2D eigenvalue weighted by Gasteiger charge is 2.11. The lowest BCUT2D eigenvalue weighted by Crippen LogP contribution is -1.94. The quantitative estimate of drug-likeness (QED) is 0.375. The Labute approximate surface area is 173 Å². The molecule has 0 unspecified atom stereocenters. The van der Waals surface area contributed by atoms with Gasteiger partial charge in [-0.1, -0.05) is 30.3 Å². The van der Waals surface area contributed by atoms with E-state index < -0.39 is 0 Å². The summed E-state index contributed by atoms with van der Waals surface area (Å²) in [5.41, 5.74) is 5.44. The summed E-state index contributed by atoms with van der Waals surface area (Å²) < 4.78 is 13.0. The van der Waals surface area contributed by atoms with Gasteiger partial charge in [-0.3, -0.25) is 0 Å². The lowest BCUT2D eigenvalue weighted by molar-refractivity contribution is 0.415. The standard InChI is InChI=1S/C25H19N3O2/c1-29-21-14-11-18(12-15-21)25-19(17-28(27-25)20-7-3-2-4-8-20)13-16-24-26-22-9-5-6-10-23(22)30-24/h2-17H,1H3/b16-13+. The summed E-state index contributed by atoms with van der Waals surface area (Å²) >= 11 is 0. The van der Waals surface area contributed by atoms with Gasteiger partial charge in [0.05, 0.1) is 18.5 Å². The zero-order valence-corrected chi connectivity index (χ0v) is 16.4. The third-order valence-corrected chi connectivity index (χ3v) is 4.84. The van der Waals surface area contributed by atoms with Crippen molar-refractivity contribution in [2.75, 3.05) is 7.11 Å². The first-order valence-corrected chi connectivity index (χ1v) is 9.63. The molecule has 0 spiro atoms. The minimum Gasteiger partial charge on any atom is -0.497 e. The van der Waals surface area contributed by atoms with E-state index in [0.717, 1.165) is 39.4 Å². The molecule has 5 heteroatoms. The number of hydrogen-bond donors (Lipinski definition) is 0. The van der Waals surface area contributed by atoms with Gasteiger partial charge >= 0.3 is 0 Å². The zero-order valence-electron chi connectivity index (χ0n) is 16.4. The number of aromatic nitrogens is 3. The highest BCUT2D eigenvalue weighted by Crippen LogP contribution is 2.27. The fourth-order valence-electron chi connectivity index (χ4n) is 3.32. The van der Waals surface area contributed by atoms with Crippen LogP contribution < -0.4 is 4.74 Å². The fraction of sp³-hybridized carbons (Fsp3) is 0.0400. The number of rotatable bonds is 5. The zero-order chi connectivity index (χ0) is 20.3. The Kier molecular flexibility index (Phi) is 4.62. The molecular weight excluding hydrogens is 374 g/mol. The van der Waals surface area contributed by atoms with E-state index in [4.69, 9.17) is 14.3 Å². The van der Waals surface area contributed by atoms with Crippen molar-refractivity contribution in [1.82, 2.24) is 14.8 Å². The van der Waals surface area contributed by atoms with E-state index in [2.05, 4.69) is 4.98 Å². The van der Waals surface area contributed by atoms with Crippen molar-refractivity contribution in [3.63, 3.8) is 0 Å². The molecular formula is C25H19N3O2. The molecule has 5 rings (SSSR count). The van der Waals surface area contributed by atoms with E-state index in [0.29, 0.717) is 5.89 Å². The van der Waals surface area contributed by atoms with Gasteiger partial charge in [0, 0.05) is 23.4 Å². The van der Waals surface area contributed by atoms with Crippen LogP contribution in [0.4, 0.5) is 0 Å². The molecule has 0 atom stereocenters. The van der Waals surface area contributed by atoms with Gasteiger partial charge in [-0.25, -0.2) is 9.67 Å². The van der Waals surface area contributed by atoms with Crippen molar-refractivity contribution in [3.05, 3.63) is 96.5 Å². The molecule has 0 aliphatic rings. The summed E-state index contributed by atoms with van der Waals surface area (Å²) in [4.78, 5) is 4.52. The lowest BCUT2D eigenvalue weighted by atomic mass is 10.1. The number of oxazole rings is 1. The maximum Gasteiger partial charge on any atom is 0.220 e. The van der Waals surface area contributed by atoms with Crippen LogP contribution in [0.1, 0.15) is 11.5 Å². The third-order valence-electron chi connectivity index (χ3n) is 4.84. The maximum absolute atomic E-state index is 5.82. The van der Waals surface area contributed by atoms with Crippen LogP contribution in [-0.2, 0) is 0 Å². The summed E-state index contributed by atoms with van der Waals surface area (Å²) in [6.45, 7) is 0. The Morgan fingerprint density at radius 1 is 0.867 bits per heavy atom. The number of hydrogen-bond acceptors (Lipinski definition) is 4. The van der Waals surface area contributed by atoms with Crippen LogP contribution >= 0.6 is 0 Å². The molecule has 3 aromatic carbocycles. The van der Waals surface area contributed by atoms with Crippen LogP contribution in [0.25, 0.3) is 40.2 Å². The Morgan fingerprint density at radius 2 is 1.63 bits per heavy atom. The average Bonchev–Trinajstić information content (AvgIpc) is 3.42. The molecule has 5 nitrogen and oxygen atoms in total. The monoisotopic (exact) mass is 393 g/mol. The predicted octanol–water partition coefficient (Wildman–Crippen LogP) is 5.86. The molecule has 0 aliphatic heterocycles. The van der Waals surface area contributed by atoms with Gasteiger partial charge in [0.2, 0.25) is 5.89 Å². The first-order chi connectivity index (χ1) is 14.8. The van der Waals surface area contributed by atoms with E-state index in [1.807, 2.05) is 102 Å².